The largest absolute Gasteiger partial charge is 0.491 e. The third-order valence-electron chi connectivity index (χ3n) is 7.57. The van der Waals surface area contributed by atoms with Crippen molar-refractivity contribution >= 4 is 32.6 Å². The fraction of sp³-hybridized carbons (Fsp3) is 0.448. The lowest BCUT2D eigenvalue weighted by molar-refractivity contribution is 0.0113. The molecule has 8 nitrogen and oxygen atoms in total. The first-order valence-electron chi connectivity index (χ1n) is 13.6. The Kier molecular flexibility index (Phi) is 6.82. The van der Waals surface area contributed by atoms with Crippen molar-refractivity contribution in [3.8, 4) is 16.9 Å². The van der Waals surface area contributed by atoms with E-state index in [1.165, 1.54) is 11.3 Å². The number of nitrogens with two attached hydrogens (primary N) is 1. The van der Waals surface area contributed by atoms with Gasteiger partial charge in [0.15, 0.2) is 5.13 Å². The van der Waals surface area contributed by atoms with E-state index in [4.69, 9.17) is 20.4 Å². The highest BCUT2D eigenvalue weighted by Gasteiger charge is 2.38. The van der Waals surface area contributed by atoms with Crippen LogP contribution in [0.25, 0.3) is 21.5 Å². The van der Waals surface area contributed by atoms with Crippen molar-refractivity contribution in [1.82, 2.24) is 24.8 Å². The minimum atomic E-state index is -2.65. The highest BCUT2D eigenvalue weighted by atomic mass is 32.1. The summed E-state index contributed by atoms with van der Waals surface area (Å²) in [4.78, 5) is 23.5. The van der Waals surface area contributed by atoms with E-state index in [2.05, 4.69) is 47.8 Å². The molecule has 3 aromatic heterocycles. The number of thiazole rings is 1. The van der Waals surface area contributed by atoms with E-state index < -0.39 is 5.92 Å². The molecular weight excluding hydrogens is 532 g/mol. The van der Waals surface area contributed by atoms with Gasteiger partial charge in [0.2, 0.25) is 0 Å². The van der Waals surface area contributed by atoms with Crippen molar-refractivity contribution in [3.05, 3.63) is 52.6 Å². The number of rotatable bonds is 5. The van der Waals surface area contributed by atoms with Crippen LogP contribution >= 0.6 is 11.3 Å². The molecule has 40 heavy (non-hydrogen) atoms. The van der Waals surface area contributed by atoms with E-state index >= 15 is 0 Å². The standard InChI is InChI=1S/C29H33F2N7OS/c1-16(2)24-18(4)34-23(14-37-6-5-29(30,31)15-37)36-26(24)38-7-8-39-25-17(3)9-19(10-21(25)13-38)20-11-22-27(33-12-20)40-28(32)35-22/h9-12,16H,5-8,13-15H2,1-4H3,(H2,32,35). The highest BCUT2D eigenvalue weighted by Crippen LogP contribution is 2.37. The van der Waals surface area contributed by atoms with Crippen LogP contribution < -0.4 is 15.4 Å². The average molecular weight is 566 g/mol. The number of likely N-dealkylation sites (tertiary alicyclic amines) is 1. The minimum Gasteiger partial charge on any atom is -0.491 e. The second-order valence-electron chi connectivity index (χ2n) is 11.1. The van der Waals surface area contributed by atoms with E-state index in [-0.39, 0.29) is 18.9 Å². The van der Waals surface area contributed by atoms with Gasteiger partial charge in [0, 0.05) is 48.1 Å². The Bertz CT molecular complexity index is 1590. The van der Waals surface area contributed by atoms with Crippen molar-refractivity contribution in [1.29, 1.82) is 0 Å². The maximum absolute atomic E-state index is 13.9. The number of aryl methyl sites for hydroxylation is 2. The summed E-state index contributed by atoms with van der Waals surface area (Å²) in [6.07, 6.45) is 1.73. The molecule has 0 spiro atoms. The Morgan fingerprint density at radius 2 is 1.93 bits per heavy atom. The maximum atomic E-state index is 13.9. The van der Waals surface area contributed by atoms with Crippen LogP contribution in [-0.2, 0) is 13.1 Å². The molecule has 0 bridgehead atoms. The Hall–Kier alpha value is -3.44. The summed E-state index contributed by atoms with van der Waals surface area (Å²) >= 11 is 1.37. The van der Waals surface area contributed by atoms with Crippen molar-refractivity contribution in [2.45, 2.75) is 59.0 Å². The fourth-order valence-corrected chi connectivity index (χ4v) is 6.47. The number of aromatic nitrogens is 4. The topological polar surface area (TPSA) is 93.3 Å². The quantitative estimate of drug-likeness (QED) is 0.329. The lowest BCUT2D eigenvalue weighted by atomic mass is 9.99. The molecule has 2 N–H and O–H groups in total. The summed E-state index contributed by atoms with van der Waals surface area (Å²) in [6.45, 7) is 10.5. The number of fused-ring (bicyclic) bond motifs is 2. The summed E-state index contributed by atoms with van der Waals surface area (Å²) in [6, 6.07) is 6.28. The van der Waals surface area contributed by atoms with Gasteiger partial charge in [-0.25, -0.2) is 28.7 Å². The number of alkyl halides is 2. The van der Waals surface area contributed by atoms with Crippen LogP contribution in [-0.4, -0.2) is 57.0 Å². The Morgan fingerprint density at radius 1 is 1.10 bits per heavy atom. The lowest BCUT2D eigenvalue weighted by Gasteiger charge is -2.27. The molecule has 0 atom stereocenters. The zero-order valence-corrected chi connectivity index (χ0v) is 24.0. The summed E-state index contributed by atoms with van der Waals surface area (Å²) in [7, 11) is 0. The highest BCUT2D eigenvalue weighted by molar-refractivity contribution is 7.21. The number of pyridine rings is 1. The van der Waals surface area contributed by atoms with Gasteiger partial charge < -0.3 is 15.4 Å². The predicted octanol–water partition coefficient (Wildman–Crippen LogP) is 5.71. The first-order chi connectivity index (χ1) is 19.1. The summed E-state index contributed by atoms with van der Waals surface area (Å²) in [5.74, 6) is -0.144. The summed E-state index contributed by atoms with van der Waals surface area (Å²) < 4.78 is 34.0. The SMILES string of the molecule is Cc1cc(-c2cnc3sc(N)nc3c2)cc2c1OCCN(c1nc(CN3CCC(F)(F)C3)nc(C)c1C(C)C)C2. The van der Waals surface area contributed by atoms with Crippen LogP contribution in [0.15, 0.2) is 24.4 Å². The Balaban J connectivity index is 1.36. The Morgan fingerprint density at radius 3 is 2.67 bits per heavy atom. The molecule has 1 fully saturated rings. The van der Waals surface area contributed by atoms with Crippen LogP contribution in [0.3, 0.4) is 0 Å². The molecule has 0 amide bonds. The van der Waals surface area contributed by atoms with Gasteiger partial charge in [0.05, 0.1) is 19.6 Å². The van der Waals surface area contributed by atoms with Crippen LogP contribution in [0.5, 0.6) is 5.75 Å². The predicted molar refractivity (Wildman–Crippen MR) is 154 cm³/mol. The van der Waals surface area contributed by atoms with Crippen LogP contribution in [0.4, 0.5) is 19.7 Å². The van der Waals surface area contributed by atoms with Gasteiger partial charge in [-0.05, 0) is 49.1 Å². The zero-order valence-electron chi connectivity index (χ0n) is 23.2. The smallest absolute Gasteiger partial charge is 0.261 e. The summed E-state index contributed by atoms with van der Waals surface area (Å²) in [5, 5.41) is 0.501. The second kappa shape index (κ2) is 10.2. The third-order valence-corrected chi connectivity index (χ3v) is 8.38. The van der Waals surface area contributed by atoms with Gasteiger partial charge in [-0.2, -0.15) is 0 Å². The van der Waals surface area contributed by atoms with E-state index in [9.17, 15) is 8.78 Å². The first kappa shape index (κ1) is 26.8. The number of benzene rings is 1. The zero-order chi connectivity index (χ0) is 28.2. The van der Waals surface area contributed by atoms with Crippen LogP contribution in [0.1, 0.15) is 54.4 Å². The molecule has 1 aromatic carbocycles. The van der Waals surface area contributed by atoms with E-state index in [1.807, 2.05) is 19.2 Å². The minimum absolute atomic E-state index is 0.122. The van der Waals surface area contributed by atoms with Crippen molar-refractivity contribution in [2.75, 3.05) is 36.9 Å². The number of nitrogens with zero attached hydrogens (tertiary/aromatic N) is 6. The molecular formula is C29H33F2N7OS. The van der Waals surface area contributed by atoms with E-state index in [1.54, 1.807) is 4.90 Å². The number of ether oxygens (including phenoxy) is 1. The van der Waals surface area contributed by atoms with Gasteiger partial charge in [0.1, 0.15) is 34.3 Å². The number of hydrogen-bond donors (Lipinski definition) is 1. The number of hydrogen-bond acceptors (Lipinski definition) is 9. The molecule has 0 radical (unpaired) electrons. The average Bonchev–Trinajstić information content (AvgIpc) is 3.33. The van der Waals surface area contributed by atoms with E-state index in [0.717, 1.165) is 55.4 Å². The monoisotopic (exact) mass is 565 g/mol. The van der Waals surface area contributed by atoms with Gasteiger partial charge in [0.25, 0.3) is 5.92 Å². The Labute approximate surface area is 236 Å². The third kappa shape index (κ3) is 5.19. The van der Waals surface area contributed by atoms with Crippen molar-refractivity contribution in [2.24, 2.45) is 0 Å². The number of halogens is 2. The lowest BCUT2D eigenvalue weighted by Crippen LogP contribution is -2.30. The second-order valence-corrected chi connectivity index (χ2v) is 12.1. The molecule has 0 unspecified atom stereocenters. The normalized spacial score (nSPS) is 17.3. The molecule has 4 aromatic rings. The molecule has 11 heteroatoms. The van der Waals surface area contributed by atoms with Gasteiger partial charge in [-0.1, -0.05) is 25.2 Å². The molecule has 0 saturated carbocycles. The number of nitrogen functional groups attached to an aromatic ring is 1. The molecule has 210 valence electrons. The molecule has 2 aliphatic rings. The molecule has 0 aliphatic carbocycles. The van der Waals surface area contributed by atoms with Crippen LogP contribution in [0.2, 0.25) is 0 Å². The van der Waals surface area contributed by atoms with Crippen molar-refractivity contribution in [3.63, 3.8) is 0 Å². The van der Waals surface area contributed by atoms with Gasteiger partial charge >= 0.3 is 0 Å². The van der Waals surface area contributed by atoms with Crippen molar-refractivity contribution < 1.29 is 13.5 Å². The fourth-order valence-electron chi connectivity index (χ4n) is 5.81. The number of anilines is 2. The summed E-state index contributed by atoms with van der Waals surface area (Å²) in [5.41, 5.74) is 12.7. The molecule has 6 rings (SSSR count). The van der Waals surface area contributed by atoms with Gasteiger partial charge in [-0.3, -0.25) is 4.90 Å². The van der Waals surface area contributed by atoms with E-state index in [0.29, 0.717) is 43.7 Å². The molecule has 1 saturated heterocycles. The van der Waals surface area contributed by atoms with Gasteiger partial charge in [-0.15, -0.1) is 0 Å². The maximum Gasteiger partial charge on any atom is 0.261 e. The molecule has 2 aliphatic heterocycles. The molecule has 5 heterocycles. The van der Waals surface area contributed by atoms with Crippen LogP contribution in [0, 0.1) is 13.8 Å². The first-order valence-corrected chi connectivity index (χ1v) is 14.4.